The van der Waals surface area contributed by atoms with Gasteiger partial charge in [0.15, 0.2) is 0 Å². The summed E-state index contributed by atoms with van der Waals surface area (Å²) in [5.41, 5.74) is -0.127. The van der Waals surface area contributed by atoms with Crippen LogP contribution in [0.3, 0.4) is 0 Å². The van der Waals surface area contributed by atoms with Crippen LogP contribution in [-0.4, -0.2) is 42.1 Å². The van der Waals surface area contributed by atoms with Gasteiger partial charge in [0.1, 0.15) is 5.60 Å². The smallest absolute Gasteiger partial charge is 0.407 e. The normalized spacial score (nSPS) is 12.5. The van der Waals surface area contributed by atoms with Crippen LogP contribution in [0.2, 0.25) is 10.0 Å². The first-order chi connectivity index (χ1) is 10.5. The lowest BCUT2D eigenvalue weighted by molar-refractivity contribution is 0.0491. The van der Waals surface area contributed by atoms with E-state index in [0.717, 1.165) is 0 Å². The molecule has 2 amide bonds. The Morgan fingerprint density at radius 1 is 1.26 bits per heavy atom. The molecule has 1 aromatic carbocycles. The average Bonchev–Trinajstić information content (AvgIpc) is 2.38. The predicted octanol–water partition coefficient (Wildman–Crippen LogP) is 3.98. The zero-order valence-corrected chi connectivity index (χ0v) is 15.5. The second-order valence-corrected chi connectivity index (χ2v) is 7.18. The highest BCUT2D eigenvalue weighted by Crippen LogP contribution is 2.23. The molecule has 1 rings (SSSR count). The van der Waals surface area contributed by atoms with Crippen molar-refractivity contribution in [2.75, 3.05) is 13.6 Å². The van der Waals surface area contributed by atoms with Crippen molar-refractivity contribution < 1.29 is 14.3 Å². The van der Waals surface area contributed by atoms with Gasteiger partial charge in [-0.3, -0.25) is 4.79 Å². The molecule has 0 bridgehead atoms. The maximum absolute atomic E-state index is 12.3. The van der Waals surface area contributed by atoms with Gasteiger partial charge in [-0.15, -0.1) is 0 Å². The van der Waals surface area contributed by atoms with Gasteiger partial charge in [0.2, 0.25) is 0 Å². The van der Waals surface area contributed by atoms with Crippen molar-refractivity contribution in [1.29, 1.82) is 0 Å². The minimum Gasteiger partial charge on any atom is -0.444 e. The largest absolute Gasteiger partial charge is 0.444 e. The number of likely N-dealkylation sites (N-methyl/N-ethyl adjacent to an activating group) is 1. The number of carbonyl (C=O) groups excluding carboxylic acids is 2. The van der Waals surface area contributed by atoms with Gasteiger partial charge >= 0.3 is 6.09 Å². The van der Waals surface area contributed by atoms with Gasteiger partial charge in [0.25, 0.3) is 5.91 Å². The fourth-order valence-electron chi connectivity index (χ4n) is 1.90. The van der Waals surface area contributed by atoms with E-state index >= 15 is 0 Å². The van der Waals surface area contributed by atoms with E-state index in [4.69, 9.17) is 27.9 Å². The number of carbonyl (C=O) groups is 2. The van der Waals surface area contributed by atoms with Crippen molar-refractivity contribution in [1.82, 2.24) is 10.2 Å². The summed E-state index contributed by atoms with van der Waals surface area (Å²) in [4.78, 5) is 25.5. The van der Waals surface area contributed by atoms with E-state index in [1.54, 1.807) is 46.9 Å². The van der Waals surface area contributed by atoms with Crippen LogP contribution in [0.1, 0.15) is 38.1 Å². The van der Waals surface area contributed by atoms with Gasteiger partial charge < -0.3 is 15.0 Å². The molecule has 23 heavy (non-hydrogen) atoms. The summed E-state index contributed by atoms with van der Waals surface area (Å²) in [5.74, 6) is -0.207. The molecule has 0 heterocycles. The predicted molar refractivity (Wildman–Crippen MR) is 92.3 cm³/mol. The summed E-state index contributed by atoms with van der Waals surface area (Å²) in [6.45, 7) is 7.49. The highest BCUT2D eigenvalue weighted by atomic mass is 35.5. The lowest BCUT2D eigenvalue weighted by atomic mass is 10.2. The molecule has 1 N–H and O–H groups in total. The second kappa shape index (κ2) is 7.88. The van der Waals surface area contributed by atoms with Crippen molar-refractivity contribution >= 4 is 35.2 Å². The van der Waals surface area contributed by atoms with Gasteiger partial charge in [-0.1, -0.05) is 23.2 Å². The minimum atomic E-state index is -0.564. The zero-order valence-electron chi connectivity index (χ0n) is 13.9. The van der Waals surface area contributed by atoms with Crippen LogP contribution >= 0.6 is 23.2 Å². The number of alkyl carbamates (subject to hydrolysis) is 1. The van der Waals surface area contributed by atoms with Gasteiger partial charge in [-0.2, -0.15) is 0 Å². The number of rotatable bonds is 4. The molecule has 0 aliphatic heterocycles. The van der Waals surface area contributed by atoms with Crippen molar-refractivity contribution in [3.05, 3.63) is 33.8 Å². The highest BCUT2D eigenvalue weighted by molar-refractivity contribution is 6.42. The lowest BCUT2D eigenvalue weighted by Gasteiger charge is -2.25. The Bertz CT molecular complexity index is 585. The lowest BCUT2D eigenvalue weighted by Crippen LogP contribution is -2.44. The molecular formula is C16H22Cl2N2O3. The molecule has 1 aromatic rings. The molecule has 0 radical (unpaired) electrons. The fraction of sp³-hybridized carbons (Fsp3) is 0.500. The van der Waals surface area contributed by atoms with Crippen LogP contribution in [-0.2, 0) is 4.74 Å². The highest BCUT2D eigenvalue weighted by Gasteiger charge is 2.20. The Morgan fingerprint density at radius 2 is 1.87 bits per heavy atom. The Hall–Kier alpha value is -1.46. The molecule has 0 saturated carbocycles. The van der Waals surface area contributed by atoms with E-state index in [9.17, 15) is 9.59 Å². The molecule has 0 aliphatic carbocycles. The van der Waals surface area contributed by atoms with Crippen molar-refractivity contribution in [3.63, 3.8) is 0 Å². The van der Waals surface area contributed by atoms with Crippen molar-refractivity contribution in [2.45, 2.75) is 39.3 Å². The van der Waals surface area contributed by atoms with E-state index in [0.29, 0.717) is 22.2 Å². The van der Waals surface area contributed by atoms with Gasteiger partial charge in [0, 0.05) is 25.2 Å². The Labute approximate surface area is 146 Å². The molecule has 1 atom stereocenters. The van der Waals surface area contributed by atoms with Crippen LogP contribution in [0.25, 0.3) is 0 Å². The van der Waals surface area contributed by atoms with Crippen molar-refractivity contribution in [2.24, 2.45) is 0 Å². The van der Waals surface area contributed by atoms with Crippen LogP contribution < -0.4 is 5.32 Å². The number of benzene rings is 1. The molecule has 7 heteroatoms. The summed E-state index contributed by atoms with van der Waals surface area (Å²) in [6, 6.07) is 4.45. The van der Waals surface area contributed by atoms with Crippen LogP contribution in [0.5, 0.6) is 0 Å². The number of ether oxygens (including phenoxy) is 1. The number of nitrogens with one attached hydrogen (secondary N) is 1. The summed E-state index contributed by atoms with van der Waals surface area (Å²) in [5, 5.41) is 3.41. The number of hydrogen-bond acceptors (Lipinski definition) is 3. The maximum atomic E-state index is 12.3. The zero-order chi connectivity index (χ0) is 17.8. The molecule has 0 unspecified atom stereocenters. The van der Waals surface area contributed by atoms with E-state index in [1.807, 2.05) is 0 Å². The molecule has 0 fully saturated rings. The standard InChI is InChI=1S/C16H22Cl2N2O3/c1-10(19-15(22)23-16(2,3)4)9-20(5)14(21)11-6-7-12(17)13(18)8-11/h6-8,10H,9H2,1-5H3,(H,19,22)/t10-/m0/s1. The SMILES string of the molecule is C[C@@H](CN(C)C(=O)c1ccc(Cl)c(Cl)c1)NC(=O)OC(C)(C)C. The van der Waals surface area contributed by atoms with Crippen LogP contribution in [0.4, 0.5) is 4.79 Å². The minimum absolute atomic E-state index is 0.207. The second-order valence-electron chi connectivity index (χ2n) is 6.36. The van der Waals surface area contributed by atoms with Crippen LogP contribution in [0.15, 0.2) is 18.2 Å². The summed E-state index contributed by atoms with van der Waals surface area (Å²) in [7, 11) is 1.65. The Balaban J connectivity index is 2.60. The monoisotopic (exact) mass is 360 g/mol. The van der Waals surface area contributed by atoms with E-state index in [2.05, 4.69) is 5.32 Å². The van der Waals surface area contributed by atoms with Crippen LogP contribution in [0, 0.1) is 0 Å². The summed E-state index contributed by atoms with van der Waals surface area (Å²) in [6.07, 6.45) is -0.514. The van der Waals surface area contributed by atoms with E-state index < -0.39 is 11.7 Å². The number of amides is 2. The first kappa shape index (κ1) is 19.6. The molecule has 5 nitrogen and oxygen atoms in total. The van der Waals surface area contributed by atoms with Crippen molar-refractivity contribution in [3.8, 4) is 0 Å². The van der Waals surface area contributed by atoms with Gasteiger partial charge in [-0.05, 0) is 45.9 Å². The third kappa shape index (κ3) is 6.67. The molecular weight excluding hydrogens is 339 g/mol. The number of halogens is 2. The summed E-state index contributed by atoms with van der Waals surface area (Å²) < 4.78 is 5.18. The number of nitrogens with zero attached hydrogens (tertiary/aromatic N) is 1. The molecule has 0 aromatic heterocycles. The first-order valence-corrected chi connectivity index (χ1v) is 7.95. The number of hydrogen-bond donors (Lipinski definition) is 1. The van der Waals surface area contributed by atoms with E-state index in [1.165, 1.54) is 11.0 Å². The average molecular weight is 361 g/mol. The first-order valence-electron chi connectivity index (χ1n) is 7.19. The van der Waals surface area contributed by atoms with Gasteiger partial charge in [0.05, 0.1) is 10.0 Å². The topological polar surface area (TPSA) is 58.6 Å². The molecule has 0 saturated heterocycles. The molecule has 0 spiro atoms. The fourth-order valence-corrected chi connectivity index (χ4v) is 2.20. The quantitative estimate of drug-likeness (QED) is 0.883. The summed E-state index contributed by atoms with van der Waals surface area (Å²) >= 11 is 11.8. The molecule has 128 valence electrons. The third-order valence-electron chi connectivity index (χ3n) is 2.82. The molecule has 0 aliphatic rings. The van der Waals surface area contributed by atoms with E-state index in [-0.39, 0.29) is 11.9 Å². The Kier molecular flexibility index (Phi) is 6.71. The third-order valence-corrected chi connectivity index (χ3v) is 3.56. The van der Waals surface area contributed by atoms with Gasteiger partial charge in [-0.25, -0.2) is 4.79 Å². The maximum Gasteiger partial charge on any atom is 0.407 e. The Morgan fingerprint density at radius 3 is 2.39 bits per heavy atom.